The molecule has 140 valence electrons. The number of ether oxygens (including phenoxy) is 1. The second-order valence-electron chi connectivity index (χ2n) is 5.76. The van der Waals surface area contributed by atoms with Gasteiger partial charge in [0.25, 0.3) is 0 Å². The molecular formula is C18H19BrF3N3O. The number of rotatable bonds is 6. The molecule has 0 bridgehead atoms. The molecule has 0 aliphatic carbocycles. The molecule has 0 saturated heterocycles. The molecule has 0 spiro atoms. The Balaban J connectivity index is 2.24. The minimum absolute atomic E-state index is 0.166. The van der Waals surface area contributed by atoms with E-state index in [2.05, 4.69) is 25.9 Å². The summed E-state index contributed by atoms with van der Waals surface area (Å²) in [5.41, 5.74) is 1.46. The van der Waals surface area contributed by atoms with E-state index >= 15 is 0 Å². The van der Waals surface area contributed by atoms with Crippen LogP contribution < -0.4 is 4.74 Å². The molecule has 1 aromatic carbocycles. The summed E-state index contributed by atoms with van der Waals surface area (Å²) in [6.45, 7) is 6.20. The molecule has 1 aromatic heterocycles. The fourth-order valence-electron chi connectivity index (χ4n) is 2.05. The standard InChI is InChI=1S/C18H19BrF3N3O/c1-5-25(4)9-23-16-8-13(19)18(24-10(16)2)26-11(3)12-6-14(20)17(22)15(21)7-12/h6-9,11H,5H2,1-4H3/b23-9+. The smallest absolute Gasteiger partial charge is 0.228 e. The lowest BCUT2D eigenvalue weighted by Gasteiger charge is -2.17. The monoisotopic (exact) mass is 429 g/mol. The Hall–Kier alpha value is -2.09. The highest BCUT2D eigenvalue weighted by Crippen LogP contribution is 2.32. The van der Waals surface area contributed by atoms with Crippen molar-refractivity contribution in [3.8, 4) is 5.88 Å². The van der Waals surface area contributed by atoms with E-state index in [1.807, 2.05) is 18.9 Å². The summed E-state index contributed by atoms with van der Waals surface area (Å²) in [5, 5.41) is 0. The molecule has 0 fully saturated rings. The molecule has 0 radical (unpaired) electrons. The van der Waals surface area contributed by atoms with Crippen molar-refractivity contribution in [3.63, 3.8) is 0 Å². The minimum Gasteiger partial charge on any atom is -0.469 e. The van der Waals surface area contributed by atoms with Crippen molar-refractivity contribution in [3.05, 3.63) is 51.4 Å². The Morgan fingerprint density at radius 1 is 1.27 bits per heavy atom. The van der Waals surface area contributed by atoms with Crippen molar-refractivity contribution < 1.29 is 17.9 Å². The lowest BCUT2D eigenvalue weighted by atomic mass is 10.1. The quantitative estimate of drug-likeness (QED) is 0.354. The van der Waals surface area contributed by atoms with Gasteiger partial charge in [-0.25, -0.2) is 23.1 Å². The van der Waals surface area contributed by atoms with Crippen LogP contribution in [0.5, 0.6) is 5.88 Å². The van der Waals surface area contributed by atoms with Gasteiger partial charge < -0.3 is 9.64 Å². The van der Waals surface area contributed by atoms with Gasteiger partial charge in [-0.05, 0) is 60.5 Å². The Bertz CT molecular complexity index is 807. The van der Waals surface area contributed by atoms with Gasteiger partial charge in [0, 0.05) is 13.6 Å². The van der Waals surface area contributed by atoms with Crippen LogP contribution in [0.15, 0.2) is 27.7 Å². The van der Waals surface area contributed by atoms with Crippen LogP contribution in [0, 0.1) is 24.4 Å². The summed E-state index contributed by atoms with van der Waals surface area (Å²) in [4.78, 5) is 10.6. The highest BCUT2D eigenvalue weighted by atomic mass is 79.9. The zero-order chi connectivity index (χ0) is 19.4. The van der Waals surface area contributed by atoms with Gasteiger partial charge in [0.2, 0.25) is 5.88 Å². The maximum absolute atomic E-state index is 13.4. The first-order valence-electron chi connectivity index (χ1n) is 7.95. The molecule has 0 aliphatic heterocycles. The molecule has 2 aromatic rings. The highest BCUT2D eigenvalue weighted by molar-refractivity contribution is 9.10. The van der Waals surface area contributed by atoms with Crippen molar-refractivity contribution in [2.24, 2.45) is 4.99 Å². The van der Waals surface area contributed by atoms with E-state index in [1.165, 1.54) is 0 Å². The number of halogens is 4. The van der Waals surface area contributed by atoms with Crippen LogP contribution in [0.3, 0.4) is 0 Å². The van der Waals surface area contributed by atoms with E-state index in [9.17, 15) is 13.2 Å². The summed E-state index contributed by atoms with van der Waals surface area (Å²) in [6.07, 6.45) is 0.965. The SMILES string of the molecule is CCN(C)/C=N/c1cc(Br)c(OC(C)c2cc(F)c(F)c(F)c2)nc1C. The third-order valence-electron chi connectivity index (χ3n) is 3.76. The number of aryl methyl sites for hydroxylation is 1. The minimum atomic E-state index is -1.50. The van der Waals surface area contributed by atoms with Crippen molar-refractivity contribution in [2.75, 3.05) is 13.6 Å². The molecule has 4 nitrogen and oxygen atoms in total. The van der Waals surface area contributed by atoms with E-state index in [0.717, 1.165) is 18.7 Å². The topological polar surface area (TPSA) is 37.7 Å². The molecule has 1 atom stereocenters. The van der Waals surface area contributed by atoms with E-state index in [1.54, 1.807) is 26.3 Å². The summed E-state index contributed by atoms with van der Waals surface area (Å²) in [5.74, 6) is -3.77. The fourth-order valence-corrected chi connectivity index (χ4v) is 2.45. The molecule has 0 N–H and O–H groups in total. The zero-order valence-corrected chi connectivity index (χ0v) is 16.4. The summed E-state index contributed by atoms with van der Waals surface area (Å²) < 4.78 is 46.1. The van der Waals surface area contributed by atoms with E-state index in [-0.39, 0.29) is 11.4 Å². The van der Waals surface area contributed by atoms with Crippen LogP contribution in [-0.2, 0) is 0 Å². The first-order valence-corrected chi connectivity index (χ1v) is 8.74. The van der Waals surface area contributed by atoms with Crippen molar-refractivity contribution in [1.82, 2.24) is 9.88 Å². The zero-order valence-electron chi connectivity index (χ0n) is 14.9. The van der Waals surface area contributed by atoms with E-state index < -0.39 is 23.6 Å². The van der Waals surface area contributed by atoms with Gasteiger partial charge in [-0.1, -0.05) is 0 Å². The van der Waals surface area contributed by atoms with Gasteiger partial charge in [0.1, 0.15) is 6.10 Å². The fraction of sp³-hybridized carbons (Fsp3) is 0.333. The van der Waals surface area contributed by atoms with E-state index in [0.29, 0.717) is 15.9 Å². The Labute approximate surface area is 158 Å². The summed E-state index contributed by atoms with van der Waals surface area (Å²) in [6, 6.07) is 3.56. The van der Waals surface area contributed by atoms with Gasteiger partial charge in [-0.3, -0.25) is 0 Å². The van der Waals surface area contributed by atoms with E-state index in [4.69, 9.17) is 4.74 Å². The predicted molar refractivity (Wildman–Crippen MR) is 98.5 cm³/mol. The molecule has 0 aliphatic rings. The summed E-state index contributed by atoms with van der Waals surface area (Å²) >= 11 is 3.36. The van der Waals surface area contributed by atoms with Gasteiger partial charge in [0.15, 0.2) is 17.5 Å². The van der Waals surface area contributed by atoms with Crippen LogP contribution in [0.1, 0.15) is 31.2 Å². The molecule has 0 saturated carbocycles. The number of nitrogens with zero attached hydrogens (tertiary/aromatic N) is 3. The van der Waals surface area contributed by atoms with Crippen LogP contribution in [-0.4, -0.2) is 29.8 Å². The normalized spacial score (nSPS) is 12.5. The lowest BCUT2D eigenvalue weighted by molar-refractivity contribution is 0.214. The lowest BCUT2D eigenvalue weighted by Crippen LogP contribution is -2.14. The molecule has 0 amide bonds. The molecule has 26 heavy (non-hydrogen) atoms. The van der Waals surface area contributed by atoms with Crippen LogP contribution in [0.25, 0.3) is 0 Å². The van der Waals surface area contributed by atoms with Crippen molar-refractivity contribution in [2.45, 2.75) is 26.9 Å². The van der Waals surface area contributed by atoms with Crippen molar-refractivity contribution in [1.29, 1.82) is 0 Å². The predicted octanol–water partition coefficient (Wildman–Crippen LogP) is 5.32. The third-order valence-corrected chi connectivity index (χ3v) is 4.33. The number of pyridine rings is 1. The molecule has 2 rings (SSSR count). The van der Waals surface area contributed by atoms with Crippen molar-refractivity contribution >= 4 is 28.0 Å². The van der Waals surface area contributed by atoms with Gasteiger partial charge in [0.05, 0.1) is 22.2 Å². The van der Waals surface area contributed by atoms with Crippen LogP contribution in [0.4, 0.5) is 18.9 Å². The van der Waals surface area contributed by atoms with Gasteiger partial charge >= 0.3 is 0 Å². The first-order chi connectivity index (χ1) is 12.2. The number of aromatic nitrogens is 1. The van der Waals surface area contributed by atoms with Crippen LogP contribution >= 0.6 is 15.9 Å². The van der Waals surface area contributed by atoms with Gasteiger partial charge in [-0.2, -0.15) is 0 Å². The number of aliphatic imine (C=N–C) groups is 1. The number of benzene rings is 1. The largest absolute Gasteiger partial charge is 0.469 e. The van der Waals surface area contributed by atoms with Gasteiger partial charge in [-0.15, -0.1) is 0 Å². The third kappa shape index (κ3) is 4.75. The summed E-state index contributed by atoms with van der Waals surface area (Å²) in [7, 11) is 1.90. The number of hydrogen-bond acceptors (Lipinski definition) is 3. The Morgan fingerprint density at radius 2 is 1.88 bits per heavy atom. The van der Waals surface area contributed by atoms with Crippen LogP contribution in [0.2, 0.25) is 0 Å². The molecule has 1 heterocycles. The second-order valence-corrected chi connectivity index (χ2v) is 6.61. The first kappa shape index (κ1) is 20.2. The number of hydrogen-bond donors (Lipinski definition) is 0. The highest BCUT2D eigenvalue weighted by Gasteiger charge is 2.17. The molecule has 8 heteroatoms. The molecular weight excluding hydrogens is 411 g/mol. The average molecular weight is 430 g/mol. The maximum Gasteiger partial charge on any atom is 0.228 e. The Kier molecular flexibility index (Phi) is 6.63. The maximum atomic E-state index is 13.4. The molecule has 1 unspecified atom stereocenters. The second kappa shape index (κ2) is 8.53. The average Bonchev–Trinajstić information content (AvgIpc) is 2.60. The Morgan fingerprint density at radius 3 is 2.46 bits per heavy atom.